The lowest BCUT2D eigenvalue weighted by atomic mass is 10.1. The molecule has 8 heteroatoms. The number of unbranched alkanes of at least 4 members (excludes halogenated alkanes) is 2. The first kappa shape index (κ1) is 31.0. The first-order valence-corrected chi connectivity index (χ1v) is 10.5. The second-order valence-corrected chi connectivity index (χ2v) is 5.94. The molecule has 0 aliphatic heterocycles. The topological polar surface area (TPSA) is 135 Å². The number of hydrogen-bond acceptors (Lipinski definition) is 6. The minimum Gasteiger partial charge on any atom is -0.511 e. The van der Waals surface area contributed by atoms with Gasteiger partial charge in [0.25, 0.3) is 5.91 Å². The number of aliphatic hydroxyl groups is 1. The van der Waals surface area contributed by atoms with E-state index in [0.717, 1.165) is 12.8 Å². The molecule has 0 radical (unpaired) electrons. The van der Waals surface area contributed by atoms with Gasteiger partial charge in [-0.3, -0.25) is 14.9 Å². The van der Waals surface area contributed by atoms with Crippen molar-refractivity contribution >= 4 is 17.5 Å². The predicted octanol–water partition coefficient (Wildman–Crippen LogP) is 4.74. The van der Waals surface area contributed by atoms with Gasteiger partial charge in [0.2, 0.25) is 5.91 Å². The van der Waals surface area contributed by atoms with Gasteiger partial charge >= 0.3 is 0 Å². The van der Waals surface area contributed by atoms with Crippen LogP contribution >= 0.6 is 0 Å². The van der Waals surface area contributed by atoms with Crippen LogP contribution < -0.4 is 15.4 Å². The summed E-state index contributed by atoms with van der Waals surface area (Å²) >= 11 is 0. The van der Waals surface area contributed by atoms with Gasteiger partial charge in [0.05, 0.1) is 6.61 Å². The third-order valence-electron chi connectivity index (χ3n) is 3.76. The van der Waals surface area contributed by atoms with Crippen LogP contribution in [0.15, 0.2) is 48.8 Å². The summed E-state index contributed by atoms with van der Waals surface area (Å²) in [6, 6.07) is 8.26. The summed E-state index contributed by atoms with van der Waals surface area (Å²) in [6.07, 6.45) is 9.51. The minimum atomic E-state index is -0.712. The third kappa shape index (κ3) is 14.4. The van der Waals surface area contributed by atoms with Gasteiger partial charge in [-0.05, 0) is 43.5 Å². The Morgan fingerprint density at radius 1 is 1.09 bits per heavy atom. The quantitative estimate of drug-likeness (QED) is 0.0648. The van der Waals surface area contributed by atoms with Crippen molar-refractivity contribution < 1.29 is 19.4 Å². The molecular weight excluding hydrogens is 420 g/mol. The number of terminal acetylenes is 1. The van der Waals surface area contributed by atoms with E-state index in [2.05, 4.69) is 29.7 Å². The maximum Gasteiger partial charge on any atom is 0.269 e. The van der Waals surface area contributed by atoms with Crippen molar-refractivity contribution in [1.82, 2.24) is 5.32 Å². The molecule has 0 aromatic heterocycles. The van der Waals surface area contributed by atoms with Gasteiger partial charge in [-0.1, -0.05) is 13.8 Å². The Morgan fingerprint density at radius 2 is 1.73 bits per heavy atom. The van der Waals surface area contributed by atoms with Gasteiger partial charge in [-0.15, -0.1) is 25.5 Å². The molecule has 0 spiro atoms. The Labute approximate surface area is 196 Å². The van der Waals surface area contributed by atoms with Crippen molar-refractivity contribution in [2.45, 2.75) is 52.4 Å². The molecule has 8 nitrogen and oxygen atoms in total. The normalized spacial score (nSPS) is 9.55. The number of benzene rings is 1. The highest BCUT2D eigenvalue weighted by Gasteiger charge is 2.15. The first-order valence-electron chi connectivity index (χ1n) is 10.5. The van der Waals surface area contributed by atoms with E-state index in [-0.39, 0.29) is 30.1 Å². The maximum atomic E-state index is 12.1. The molecule has 0 fully saturated rings. The fraction of sp³-hybridized carbons (Fsp3) is 0.360. The number of nitrogens with zero attached hydrogens (tertiary/aromatic N) is 2. The Morgan fingerprint density at radius 3 is 2.27 bits per heavy atom. The van der Waals surface area contributed by atoms with Crippen LogP contribution in [0.4, 0.5) is 5.69 Å². The number of nitrogens with one attached hydrogen (secondary N) is 2. The summed E-state index contributed by atoms with van der Waals surface area (Å²) in [5, 5.41) is 31.8. The van der Waals surface area contributed by atoms with Crippen LogP contribution in [0, 0.1) is 35.1 Å². The van der Waals surface area contributed by atoms with Gasteiger partial charge in [-0.2, -0.15) is 10.5 Å². The van der Waals surface area contributed by atoms with Gasteiger partial charge < -0.3 is 15.2 Å². The molecule has 0 atom stereocenters. The first-order chi connectivity index (χ1) is 16.0. The Hall–Kier alpha value is -4.22. The molecule has 0 aliphatic carbocycles. The fourth-order valence-corrected chi connectivity index (χ4v) is 2.27. The van der Waals surface area contributed by atoms with Crippen LogP contribution in [-0.2, 0) is 9.59 Å². The van der Waals surface area contributed by atoms with Crippen molar-refractivity contribution in [2.24, 2.45) is 0 Å². The van der Waals surface area contributed by atoms with Crippen LogP contribution in [-0.4, -0.2) is 23.5 Å². The molecule has 1 rings (SSSR count). The van der Waals surface area contributed by atoms with E-state index in [4.69, 9.17) is 21.7 Å². The number of aliphatic hydroxyl groups excluding tert-OH is 1. The summed E-state index contributed by atoms with van der Waals surface area (Å²) in [7, 11) is 0. The van der Waals surface area contributed by atoms with Crippen molar-refractivity contribution in [3.63, 3.8) is 0 Å². The summed E-state index contributed by atoms with van der Waals surface area (Å²) in [5.74, 6) is 1.60. The highest BCUT2D eigenvalue weighted by molar-refractivity contribution is 6.06. The summed E-state index contributed by atoms with van der Waals surface area (Å²) in [4.78, 5) is 23.2. The zero-order chi connectivity index (χ0) is 25.5. The molecule has 3 N–H and O–H groups in total. The molecule has 1 aromatic rings. The molecule has 1 aromatic carbocycles. The molecular formula is C25H32N4O4. The number of amides is 2. The standard InChI is InChI=1S/C21H22N4O4.C2H6.C2H4/c1-2-3-7-19(26)18(14-22)21(28)25-16-9-11-17(12-10-16)29-13-6-4-5-8-20(27)24-15-23;2*1-2/h1,9-12,26H,3-8,13H2,(H,24,27)(H,25,28);1-2H3;1-2H2/b19-18-;;. The number of allylic oxidation sites excluding steroid dienone is 1. The van der Waals surface area contributed by atoms with E-state index in [1.54, 1.807) is 36.5 Å². The maximum absolute atomic E-state index is 12.1. The van der Waals surface area contributed by atoms with Crippen molar-refractivity contribution in [3.05, 3.63) is 48.8 Å². The molecule has 0 bridgehead atoms. The highest BCUT2D eigenvalue weighted by atomic mass is 16.5. The summed E-state index contributed by atoms with van der Waals surface area (Å²) < 4.78 is 5.59. The third-order valence-corrected chi connectivity index (χ3v) is 3.76. The molecule has 176 valence electrons. The van der Waals surface area contributed by atoms with Crippen LogP contribution in [0.1, 0.15) is 52.4 Å². The lowest BCUT2D eigenvalue weighted by molar-refractivity contribution is -0.120. The van der Waals surface area contributed by atoms with E-state index < -0.39 is 5.91 Å². The molecule has 2 amide bonds. The largest absolute Gasteiger partial charge is 0.511 e. The molecule has 0 saturated carbocycles. The van der Waals surface area contributed by atoms with E-state index in [0.29, 0.717) is 30.9 Å². The molecule has 0 unspecified atom stereocenters. The number of ether oxygens (including phenoxy) is 1. The number of nitriles is 2. The van der Waals surface area contributed by atoms with Crippen LogP contribution in [0.3, 0.4) is 0 Å². The highest BCUT2D eigenvalue weighted by Crippen LogP contribution is 2.18. The summed E-state index contributed by atoms with van der Waals surface area (Å²) in [6.45, 7) is 10.5. The van der Waals surface area contributed by atoms with E-state index in [9.17, 15) is 14.7 Å². The van der Waals surface area contributed by atoms with Crippen molar-refractivity contribution in [1.29, 1.82) is 10.5 Å². The SMILES string of the molecule is C#CCC/C(O)=C(\C#N)C(=O)Nc1ccc(OCCCCCC(=O)NC#N)cc1.C=C.CC. The van der Waals surface area contributed by atoms with Crippen LogP contribution in [0.2, 0.25) is 0 Å². The Balaban J connectivity index is 0. The van der Waals surface area contributed by atoms with Gasteiger partial charge in [0.1, 0.15) is 17.6 Å². The second kappa shape index (κ2) is 21.0. The zero-order valence-electron chi connectivity index (χ0n) is 19.3. The number of carbonyl (C=O) groups is 2. The van der Waals surface area contributed by atoms with Gasteiger partial charge in [0, 0.05) is 24.9 Å². The monoisotopic (exact) mass is 452 g/mol. The summed E-state index contributed by atoms with van der Waals surface area (Å²) in [5.41, 5.74) is 0.0763. The molecule has 33 heavy (non-hydrogen) atoms. The lowest BCUT2D eigenvalue weighted by Gasteiger charge is -2.09. The van der Waals surface area contributed by atoms with Crippen LogP contribution in [0.5, 0.6) is 5.75 Å². The van der Waals surface area contributed by atoms with Gasteiger partial charge in [0.15, 0.2) is 11.8 Å². The average Bonchev–Trinajstić information content (AvgIpc) is 2.84. The molecule has 0 aliphatic rings. The predicted molar refractivity (Wildman–Crippen MR) is 129 cm³/mol. The molecule has 0 heterocycles. The number of hydrogen-bond donors (Lipinski definition) is 3. The number of carbonyl (C=O) groups excluding carboxylic acids is 2. The second-order valence-electron chi connectivity index (χ2n) is 5.94. The van der Waals surface area contributed by atoms with E-state index in [1.165, 1.54) is 0 Å². The smallest absolute Gasteiger partial charge is 0.269 e. The Kier molecular flexibility index (Phi) is 19.7. The lowest BCUT2D eigenvalue weighted by Crippen LogP contribution is -2.16. The van der Waals surface area contributed by atoms with E-state index in [1.807, 2.05) is 13.8 Å². The van der Waals surface area contributed by atoms with Crippen molar-refractivity contribution in [2.75, 3.05) is 11.9 Å². The van der Waals surface area contributed by atoms with Gasteiger partial charge in [-0.25, -0.2) is 0 Å². The number of anilines is 1. The average molecular weight is 453 g/mol. The number of rotatable bonds is 11. The Bertz CT molecular complexity index is 872. The minimum absolute atomic E-state index is 0.0581. The molecule has 0 saturated heterocycles. The fourth-order valence-electron chi connectivity index (χ4n) is 2.27. The van der Waals surface area contributed by atoms with Crippen molar-refractivity contribution in [3.8, 4) is 30.4 Å². The van der Waals surface area contributed by atoms with E-state index >= 15 is 0 Å². The van der Waals surface area contributed by atoms with Crippen LogP contribution in [0.25, 0.3) is 0 Å². The zero-order valence-corrected chi connectivity index (χ0v) is 19.3.